The number of rotatable bonds is 2. The van der Waals surface area contributed by atoms with Crippen molar-refractivity contribution in [3.05, 3.63) is 11.1 Å². The Morgan fingerprint density at radius 2 is 2.06 bits per heavy atom. The van der Waals surface area contributed by atoms with E-state index in [0.717, 1.165) is 26.2 Å². The molecule has 0 radical (unpaired) electrons. The molecule has 0 bridgehead atoms. The molecule has 0 aromatic carbocycles. The fourth-order valence-electron chi connectivity index (χ4n) is 1.79. The van der Waals surface area contributed by atoms with Crippen LogP contribution in [0.25, 0.3) is 0 Å². The number of amides is 2. The second-order valence-corrected chi connectivity index (χ2v) is 6.01. The first-order valence-corrected chi connectivity index (χ1v) is 7.08. The van der Waals surface area contributed by atoms with E-state index in [4.69, 9.17) is 0 Å². The molecule has 2 rings (SSSR count). The quantitative estimate of drug-likeness (QED) is 0.893. The number of likely N-dealkylation sites (N-methyl/N-ethyl adjacent to an activating group) is 1. The Labute approximate surface area is 112 Å². The maximum absolute atomic E-state index is 12.0. The number of carbonyl (C=O) groups is 1. The van der Waals surface area contributed by atoms with E-state index in [0.29, 0.717) is 11.0 Å². The molecule has 1 saturated heterocycles. The van der Waals surface area contributed by atoms with E-state index in [2.05, 4.69) is 36.1 Å². The summed E-state index contributed by atoms with van der Waals surface area (Å²) in [6.07, 6.45) is 1.84. The van der Waals surface area contributed by atoms with Crippen LogP contribution in [0.15, 0.2) is 6.20 Å². The van der Waals surface area contributed by atoms with E-state index < -0.39 is 0 Å². The smallest absolute Gasteiger partial charge is 0.322 e. The number of hydrogen-bond donors (Lipinski definition) is 1. The van der Waals surface area contributed by atoms with Crippen LogP contribution in [-0.4, -0.2) is 54.0 Å². The van der Waals surface area contributed by atoms with Crippen molar-refractivity contribution in [2.75, 3.05) is 38.5 Å². The van der Waals surface area contributed by atoms with Gasteiger partial charge in [-0.15, -0.1) is 11.3 Å². The fraction of sp³-hybridized carbons (Fsp3) is 0.667. The van der Waals surface area contributed by atoms with E-state index in [-0.39, 0.29) is 6.03 Å². The zero-order valence-corrected chi connectivity index (χ0v) is 12.0. The molecule has 6 heteroatoms. The molecular weight excluding hydrogens is 248 g/mol. The summed E-state index contributed by atoms with van der Waals surface area (Å²) in [5.41, 5.74) is 0. The van der Waals surface area contributed by atoms with Crippen molar-refractivity contribution in [3.63, 3.8) is 0 Å². The van der Waals surface area contributed by atoms with E-state index in [1.165, 1.54) is 4.88 Å². The summed E-state index contributed by atoms with van der Waals surface area (Å²) in [7, 11) is 2.07. The molecular formula is C12H20N4OS. The van der Waals surface area contributed by atoms with Gasteiger partial charge in [-0.1, -0.05) is 13.8 Å². The number of anilines is 1. The summed E-state index contributed by atoms with van der Waals surface area (Å²) in [5, 5.41) is 3.57. The number of carbonyl (C=O) groups excluding carboxylic acids is 1. The molecule has 2 heterocycles. The summed E-state index contributed by atoms with van der Waals surface area (Å²) in [4.78, 5) is 21.5. The van der Waals surface area contributed by atoms with E-state index >= 15 is 0 Å². The van der Waals surface area contributed by atoms with Crippen LogP contribution < -0.4 is 5.32 Å². The number of aromatic nitrogens is 1. The molecule has 0 atom stereocenters. The Morgan fingerprint density at radius 1 is 1.39 bits per heavy atom. The SMILES string of the molecule is CC(C)c1cnc(NC(=O)N2CCN(C)CC2)s1. The van der Waals surface area contributed by atoms with Gasteiger partial charge in [-0.3, -0.25) is 5.32 Å². The number of piperazine rings is 1. The van der Waals surface area contributed by atoms with Gasteiger partial charge in [-0.2, -0.15) is 0 Å². The number of nitrogens with one attached hydrogen (secondary N) is 1. The third-order valence-corrected chi connectivity index (χ3v) is 4.31. The van der Waals surface area contributed by atoms with Crippen LogP contribution >= 0.6 is 11.3 Å². The highest BCUT2D eigenvalue weighted by Crippen LogP contribution is 2.25. The Morgan fingerprint density at radius 3 is 2.61 bits per heavy atom. The highest BCUT2D eigenvalue weighted by Gasteiger charge is 2.19. The van der Waals surface area contributed by atoms with Gasteiger partial charge in [0.15, 0.2) is 5.13 Å². The highest BCUT2D eigenvalue weighted by molar-refractivity contribution is 7.15. The van der Waals surface area contributed by atoms with Gasteiger partial charge in [-0.05, 0) is 13.0 Å². The molecule has 18 heavy (non-hydrogen) atoms. The number of hydrogen-bond acceptors (Lipinski definition) is 4. The molecule has 1 aromatic heterocycles. The molecule has 1 N–H and O–H groups in total. The van der Waals surface area contributed by atoms with Crippen molar-refractivity contribution < 1.29 is 4.79 Å². The van der Waals surface area contributed by atoms with Gasteiger partial charge in [-0.25, -0.2) is 9.78 Å². The van der Waals surface area contributed by atoms with Crippen molar-refractivity contribution in [3.8, 4) is 0 Å². The predicted octanol–water partition coefficient (Wildman–Crippen LogP) is 2.05. The summed E-state index contributed by atoms with van der Waals surface area (Å²) in [5.74, 6) is 0.455. The van der Waals surface area contributed by atoms with Crippen molar-refractivity contribution in [1.82, 2.24) is 14.8 Å². The highest BCUT2D eigenvalue weighted by atomic mass is 32.1. The fourth-order valence-corrected chi connectivity index (χ4v) is 2.60. The molecule has 0 aliphatic carbocycles. The molecule has 0 spiro atoms. The summed E-state index contributed by atoms with van der Waals surface area (Å²) >= 11 is 1.55. The zero-order valence-electron chi connectivity index (χ0n) is 11.1. The van der Waals surface area contributed by atoms with E-state index in [9.17, 15) is 4.79 Å². The van der Waals surface area contributed by atoms with Crippen LogP contribution in [0.3, 0.4) is 0 Å². The second-order valence-electron chi connectivity index (χ2n) is 4.94. The Balaban J connectivity index is 1.90. The molecule has 2 amide bonds. The van der Waals surface area contributed by atoms with Gasteiger partial charge in [0, 0.05) is 37.3 Å². The Bertz CT molecular complexity index is 410. The second kappa shape index (κ2) is 5.67. The summed E-state index contributed by atoms with van der Waals surface area (Å²) in [6.45, 7) is 7.68. The molecule has 1 aliphatic rings. The zero-order chi connectivity index (χ0) is 13.1. The topological polar surface area (TPSA) is 48.5 Å². The Hall–Kier alpha value is -1.14. The largest absolute Gasteiger partial charge is 0.323 e. The van der Waals surface area contributed by atoms with Gasteiger partial charge in [0.25, 0.3) is 0 Å². The molecule has 0 unspecified atom stereocenters. The van der Waals surface area contributed by atoms with E-state index in [1.54, 1.807) is 11.3 Å². The van der Waals surface area contributed by atoms with Gasteiger partial charge in [0.2, 0.25) is 0 Å². The summed E-state index contributed by atoms with van der Waals surface area (Å²) < 4.78 is 0. The average Bonchev–Trinajstić information content (AvgIpc) is 2.78. The van der Waals surface area contributed by atoms with Gasteiger partial charge < -0.3 is 9.80 Å². The minimum atomic E-state index is -0.0345. The number of urea groups is 1. The lowest BCUT2D eigenvalue weighted by atomic mass is 10.2. The van der Waals surface area contributed by atoms with Crippen LogP contribution in [0.5, 0.6) is 0 Å². The molecule has 5 nitrogen and oxygen atoms in total. The first kappa shape index (κ1) is 13.3. The average molecular weight is 268 g/mol. The molecule has 1 fully saturated rings. The lowest BCUT2D eigenvalue weighted by Gasteiger charge is -2.32. The lowest BCUT2D eigenvalue weighted by molar-refractivity contribution is 0.164. The van der Waals surface area contributed by atoms with Crippen LogP contribution in [0.2, 0.25) is 0 Å². The van der Waals surface area contributed by atoms with Crippen molar-refractivity contribution >= 4 is 22.5 Å². The molecule has 0 saturated carbocycles. The monoisotopic (exact) mass is 268 g/mol. The van der Waals surface area contributed by atoms with Crippen LogP contribution in [0, 0.1) is 0 Å². The molecule has 1 aliphatic heterocycles. The lowest BCUT2D eigenvalue weighted by Crippen LogP contribution is -2.48. The molecule has 100 valence electrons. The standard InChI is InChI=1S/C12H20N4OS/c1-9(2)10-8-13-11(18-10)14-12(17)16-6-4-15(3)5-7-16/h8-9H,4-7H2,1-3H3,(H,13,14,17). The van der Waals surface area contributed by atoms with Crippen molar-refractivity contribution in [2.24, 2.45) is 0 Å². The first-order chi connectivity index (χ1) is 8.56. The number of nitrogens with zero attached hydrogens (tertiary/aromatic N) is 3. The normalized spacial score (nSPS) is 17.2. The van der Waals surface area contributed by atoms with Crippen LogP contribution in [0.4, 0.5) is 9.93 Å². The van der Waals surface area contributed by atoms with E-state index in [1.807, 2.05) is 11.1 Å². The third kappa shape index (κ3) is 3.20. The summed E-state index contributed by atoms with van der Waals surface area (Å²) in [6, 6.07) is -0.0345. The van der Waals surface area contributed by atoms with Gasteiger partial charge in [0.1, 0.15) is 0 Å². The Kier molecular flexibility index (Phi) is 4.19. The maximum atomic E-state index is 12.0. The van der Waals surface area contributed by atoms with Crippen molar-refractivity contribution in [2.45, 2.75) is 19.8 Å². The molecule has 1 aromatic rings. The van der Waals surface area contributed by atoms with Gasteiger partial charge >= 0.3 is 6.03 Å². The predicted molar refractivity (Wildman–Crippen MR) is 74.3 cm³/mol. The number of thiazole rings is 1. The maximum Gasteiger partial charge on any atom is 0.323 e. The van der Waals surface area contributed by atoms with Crippen LogP contribution in [0.1, 0.15) is 24.6 Å². The third-order valence-electron chi connectivity index (χ3n) is 3.10. The van der Waals surface area contributed by atoms with Crippen LogP contribution in [-0.2, 0) is 0 Å². The minimum Gasteiger partial charge on any atom is -0.322 e. The minimum absolute atomic E-state index is 0.0345. The first-order valence-electron chi connectivity index (χ1n) is 6.26. The van der Waals surface area contributed by atoms with Crippen molar-refractivity contribution in [1.29, 1.82) is 0 Å². The van der Waals surface area contributed by atoms with Gasteiger partial charge in [0.05, 0.1) is 0 Å².